The number of aryl methyl sites for hydroxylation is 1. The summed E-state index contributed by atoms with van der Waals surface area (Å²) in [5.41, 5.74) is 3.59. The molecule has 0 radical (unpaired) electrons. The van der Waals surface area contributed by atoms with Crippen LogP contribution in [-0.2, 0) is 13.0 Å². The first-order valence-corrected chi connectivity index (χ1v) is 8.44. The molecule has 2 aliphatic rings. The smallest absolute Gasteiger partial charge is 0.0774 e. The molecule has 2 atom stereocenters. The van der Waals surface area contributed by atoms with Gasteiger partial charge < -0.3 is 15.7 Å². The molecule has 0 amide bonds. The van der Waals surface area contributed by atoms with E-state index in [0.717, 1.165) is 32.4 Å². The van der Waals surface area contributed by atoms with Crippen LogP contribution in [0.4, 0.5) is 5.69 Å². The van der Waals surface area contributed by atoms with Crippen LogP contribution in [0, 0.1) is 5.92 Å². The normalized spacial score (nSPS) is 28.8. The van der Waals surface area contributed by atoms with Crippen molar-refractivity contribution in [2.24, 2.45) is 5.92 Å². The molecule has 116 valence electrons. The average Bonchev–Trinajstić information content (AvgIpc) is 2.47. The Morgan fingerprint density at radius 3 is 3.14 bits per heavy atom. The van der Waals surface area contributed by atoms with Crippen LogP contribution in [0.1, 0.15) is 50.2 Å². The quantitative estimate of drug-likeness (QED) is 0.798. The van der Waals surface area contributed by atoms with Gasteiger partial charge in [0.25, 0.3) is 0 Å². The number of benzene rings is 1. The van der Waals surface area contributed by atoms with Gasteiger partial charge in [0.2, 0.25) is 0 Å². The molecule has 1 aliphatic carbocycles. The first kappa shape index (κ1) is 14.9. The number of aliphatic hydroxyl groups is 1. The average molecular weight is 288 g/mol. The van der Waals surface area contributed by atoms with Crippen LogP contribution in [-0.4, -0.2) is 23.8 Å². The zero-order chi connectivity index (χ0) is 14.7. The summed E-state index contributed by atoms with van der Waals surface area (Å²) in [6.45, 7) is 4.88. The lowest BCUT2D eigenvalue weighted by molar-refractivity contribution is -0.0119. The minimum Gasteiger partial charge on any atom is -0.389 e. The monoisotopic (exact) mass is 288 g/mol. The van der Waals surface area contributed by atoms with Crippen molar-refractivity contribution in [3.05, 3.63) is 29.3 Å². The first-order valence-electron chi connectivity index (χ1n) is 8.44. The maximum absolute atomic E-state index is 10.7. The highest BCUT2D eigenvalue weighted by Gasteiger charge is 2.32. The van der Waals surface area contributed by atoms with Crippen molar-refractivity contribution < 1.29 is 5.11 Å². The van der Waals surface area contributed by atoms with E-state index in [2.05, 4.69) is 35.8 Å². The standard InChI is InChI=1S/C18H28N2O/c1-14-5-3-9-18(21,11-14)13-19-12-16-7-2-6-15-8-4-10-20-17(15)16/h2,6-7,14,19-21H,3-5,8-13H2,1H3. The summed E-state index contributed by atoms with van der Waals surface area (Å²) in [4.78, 5) is 0. The largest absolute Gasteiger partial charge is 0.389 e. The number of para-hydroxylation sites is 1. The summed E-state index contributed by atoms with van der Waals surface area (Å²) < 4.78 is 0. The summed E-state index contributed by atoms with van der Waals surface area (Å²) in [6.07, 6.45) is 6.69. The number of rotatable bonds is 4. The maximum Gasteiger partial charge on any atom is 0.0774 e. The van der Waals surface area contributed by atoms with Crippen LogP contribution >= 0.6 is 0 Å². The summed E-state index contributed by atoms with van der Waals surface area (Å²) in [5.74, 6) is 0.650. The second-order valence-corrected chi connectivity index (χ2v) is 7.01. The fourth-order valence-electron chi connectivity index (χ4n) is 3.95. The molecule has 3 N–H and O–H groups in total. The molecule has 3 heteroatoms. The van der Waals surface area contributed by atoms with Gasteiger partial charge in [-0.25, -0.2) is 0 Å². The van der Waals surface area contributed by atoms with Crippen LogP contribution in [0.15, 0.2) is 18.2 Å². The maximum atomic E-state index is 10.7. The van der Waals surface area contributed by atoms with Crippen LogP contribution in [0.3, 0.4) is 0 Å². The molecule has 0 aromatic heterocycles. The van der Waals surface area contributed by atoms with Crippen molar-refractivity contribution in [2.75, 3.05) is 18.4 Å². The van der Waals surface area contributed by atoms with Crippen LogP contribution in [0.5, 0.6) is 0 Å². The van der Waals surface area contributed by atoms with Gasteiger partial charge in [0.15, 0.2) is 0 Å². The number of hydrogen-bond acceptors (Lipinski definition) is 3. The third-order valence-corrected chi connectivity index (χ3v) is 5.00. The van der Waals surface area contributed by atoms with E-state index in [4.69, 9.17) is 0 Å². The molecule has 3 rings (SSSR count). The summed E-state index contributed by atoms with van der Waals surface area (Å²) in [7, 11) is 0. The van der Waals surface area contributed by atoms with Gasteiger partial charge in [-0.1, -0.05) is 38.0 Å². The molecule has 2 unspecified atom stereocenters. The van der Waals surface area contributed by atoms with E-state index in [1.807, 2.05) is 0 Å². The second-order valence-electron chi connectivity index (χ2n) is 7.01. The predicted molar refractivity (Wildman–Crippen MR) is 87.5 cm³/mol. The van der Waals surface area contributed by atoms with Crippen molar-refractivity contribution >= 4 is 5.69 Å². The number of anilines is 1. The molecule has 21 heavy (non-hydrogen) atoms. The van der Waals surface area contributed by atoms with Crippen LogP contribution in [0.2, 0.25) is 0 Å². The van der Waals surface area contributed by atoms with E-state index in [1.165, 1.54) is 36.1 Å². The molecule has 0 bridgehead atoms. The zero-order valence-electron chi connectivity index (χ0n) is 13.1. The molecule has 3 nitrogen and oxygen atoms in total. The van der Waals surface area contributed by atoms with Gasteiger partial charge in [0.05, 0.1) is 5.60 Å². The fourth-order valence-corrected chi connectivity index (χ4v) is 3.95. The third kappa shape index (κ3) is 3.58. The van der Waals surface area contributed by atoms with E-state index >= 15 is 0 Å². The van der Waals surface area contributed by atoms with Crippen molar-refractivity contribution in [2.45, 2.75) is 57.6 Å². The van der Waals surface area contributed by atoms with Crippen molar-refractivity contribution in [1.82, 2.24) is 5.32 Å². The van der Waals surface area contributed by atoms with Crippen LogP contribution < -0.4 is 10.6 Å². The Hall–Kier alpha value is -1.06. The van der Waals surface area contributed by atoms with Crippen molar-refractivity contribution in [3.8, 4) is 0 Å². The van der Waals surface area contributed by atoms with Gasteiger partial charge in [0, 0.05) is 25.3 Å². The lowest BCUT2D eigenvalue weighted by Gasteiger charge is -2.36. The topological polar surface area (TPSA) is 44.3 Å². The van der Waals surface area contributed by atoms with E-state index in [9.17, 15) is 5.11 Å². The third-order valence-electron chi connectivity index (χ3n) is 5.00. The molecule has 0 saturated heterocycles. The molecule has 1 aromatic carbocycles. The van der Waals surface area contributed by atoms with E-state index < -0.39 is 5.60 Å². The Kier molecular flexibility index (Phi) is 4.51. The molecule has 0 spiro atoms. The Balaban J connectivity index is 1.58. The lowest BCUT2D eigenvalue weighted by Crippen LogP contribution is -2.43. The molecule has 1 saturated carbocycles. The van der Waals surface area contributed by atoms with Gasteiger partial charge in [-0.3, -0.25) is 0 Å². The molecule has 1 heterocycles. The Morgan fingerprint density at radius 2 is 2.29 bits per heavy atom. The second kappa shape index (κ2) is 6.37. The number of fused-ring (bicyclic) bond motifs is 1. The zero-order valence-corrected chi connectivity index (χ0v) is 13.1. The highest BCUT2D eigenvalue weighted by Crippen LogP contribution is 2.32. The minimum atomic E-state index is -0.500. The summed E-state index contributed by atoms with van der Waals surface area (Å²) >= 11 is 0. The van der Waals surface area contributed by atoms with E-state index in [-0.39, 0.29) is 0 Å². The highest BCUT2D eigenvalue weighted by atomic mass is 16.3. The molecule has 1 fully saturated rings. The first-order chi connectivity index (χ1) is 10.2. The van der Waals surface area contributed by atoms with E-state index in [1.54, 1.807) is 0 Å². The molecular weight excluding hydrogens is 260 g/mol. The lowest BCUT2D eigenvalue weighted by atomic mass is 9.79. The SMILES string of the molecule is CC1CCCC(O)(CNCc2cccc3c2NCCC3)C1. The van der Waals surface area contributed by atoms with Gasteiger partial charge in [-0.2, -0.15) is 0 Å². The molecule has 1 aliphatic heterocycles. The Bertz CT molecular complexity index is 488. The van der Waals surface area contributed by atoms with E-state index in [0.29, 0.717) is 12.5 Å². The Morgan fingerprint density at radius 1 is 1.38 bits per heavy atom. The summed E-state index contributed by atoms with van der Waals surface area (Å²) in [5, 5.41) is 17.7. The highest BCUT2D eigenvalue weighted by molar-refractivity contribution is 5.59. The van der Waals surface area contributed by atoms with Gasteiger partial charge in [-0.05, 0) is 42.7 Å². The summed E-state index contributed by atoms with van der Waals surface area (Å²) in [6, 6.07) is 6.57. The fraction of sp³-hybridized carbons (Fsp3) is 0.667. The number of nitrogens with one attached hydrogen (secondary N) is 2. The van der Waals surface area contributed by atoms with Crippen LogP contribution in [0.25, 0.3) is 0 Å². The van der Waals surface area contributed by atoms with Crippen molar-refractivity contribution in [3.63, 3.8) is 0 Å². The minimum absolute atomic E-state index is 0.500. The van der Waals surface area contributed by atoms with Crippen molar-refractivity contribution in [1.29, 1.82) is 0 Å². The van der Waals surface area contributed by atoms with Gasteiger partial charge in [0.1, 0.15) is 0 Å². The van der Waals surface area contributed by atoms with Gasteiger partial charge in [-0.15, -0.1) is 0 Å². The molecule has 1 aromatic rings. The van der Waals surface area contributed by atoms with Gasteiger partial charge >= 0.3 is 0 Å². The predicted octanol–water partition coefficient (Wildman–Crippen LogP) is 3.08. The number of hydrogen-bond donors (Lipinski definition) is 3. The Labute approximate surface area is 128 Å². The molecular formula is C18H28N2O.